The van der Waals surface area contributed by atoms with E-state index >= 15 is 0 Å². The van der Waals surface area contributed by atoms with Gasteiger partial charge in [0.2, 0.25) is 0 Å². The van der Waals surface area contributed by atoms with Crippen molar-refractivity contribution in [3.05, 3.63) is 23.5 Å². The normalized spacial score (nSPS) is 17.4. The summed E-state index contributed by atoms with van der Waals surface area (Å²) < 4.78 is 2.30. The van der Waals surface area contributed by atoms with Gasteiger partial charge in [-0.05, 0) is 42.2 Å². The Hall–Kier alpha value is -0.720. The standard InChI is InChI=1S/C13H21N/c1-13(2,3)8-12-7-11(9-14(12)4)10-5-6-10/h7,9-10H,5-6,8H2,1-4H3. The molecule has 0 radical (unpaired) electrons. The van der Waals surface area contributed by atoms with Crippen molar-refractivity contribution in [3.63, 3.8) is 0 Å². The summed E-state index contributed by atoms with van der Waals surface area (Å²) in [6, 6.07) is 2.41. The van der Waals surface area contributed by atoms with Crippen LogP contribution in [-0.4, -0.2) is 4.57 Å². The fraction of sp³-hybridized carbons (Fsp3) is 0.692. The average Bonchev–Trinajstić information content (AvgIpc) is 2.77. The molecule has 1 saturated carbocycles. The quantitative estimate of drug-likeness (QED) is 0.674. The van der Waals surface area contributed by atoms with E-state index in [4.69, 9.17) is 0 Å². The molecule has 1 nitrogen and oxygen atoms in total. The maximum Gasteiger partial charge on any atom is 0.0179 e. The van der Waals surface area contributed by atoms with E-state index in [1.54, 1.807) is 5.56 Å². The van der Waals surface area contributed by atoms with E-state index in [1.807, 2.05) is 0 Å². The smallest absolute Gasteiger partial charge is 0.0179 e. The van der Waals surface area contributed by atoms with Crippen molar-refractivity contribution in [2.24, 2.45) is 12.5 Å². The van der Waals surface area contributed by atoms with Crippen LogP contribution in [0.3, 0.4) is 0 Å². The molecule has 1 aliphatic rings. The summed E-state index contributed by atoms with van der Waals surface area (Å²) in [7, 11) is 2.17. The topological polar surface area (TPSA) is 4.93 Å². The molecule has 1 heterocycles. The van der Waals surface area contributed by atoms with Crippen molar-refractivity contribution in [1.29, 1.82) is 0 Å². The SMILES string of the molecule is Cn1cc(C2CC2)cc1CC(C)(C)C. The summed E-state index contributed by atoms with van der Waals surface area (Å²) in [6.45, 7) is 6.91. The van der Waals surface area contributed by atoms with Gasteiger partial charge in [0.1, 0.15) is 0 Å². The highest BCUT2D eigenvalue weighted by Gasteiger charge is 2.25. The summed E-state index contributed by atoms with van der Waals surface area (Å²) in [5.74, 6) is 0.884. The van der Waals surface area contributed by atoms with E-state index in [9.17, 15) is 0 Å². The molecule has 1 fully saturated rings. The van der Waals surface area contributed by atoms with Gasteiger partial charge in [-0.3, -0.25) is 0 Å². The fourth-order valence-corrected chi connectivity index (χ4v) is 2.00. The molecule has 1 aromatic rings. The Bertz CT molecular complexity index is 323. The zero-order valence-corrected chi connectivity index (χ0v) is 9.80. The van der Waals surface area contributed by atoms with Gasteiger partial charge in [0.25, 0.3) is 0 Å². The molecule has 0 bridgehead atoms. The second-order valence-corrected chi connectivity index (χ2v) is 5.89. The molecular formula is C13H21N. The first-order chi connectivity index (χ1) is 6.46. The van der Waals surface area contributed by atoms with E-state index in [2.05, 4.69) is 44.6 Å². The molecule has 1 heteroatoms. The van der Waals surface area contributed by atoms with E-state index < -0.39 is 0 Å². The van der Waals surface area contributed by atoms with Crippen molar-refractivity contribution >= 4 is 0 Å². The largest absolute Gasteiger partial charge is 0.354 e. The maximum absolute atomic E-state index is 2.41. The van der Waals surface area contributed by atoms with Crippen LogP contribution in [0.5, 0.6) is 0 Å². The molecule has 1 aromatic heterocycles. The van der Waals surface area contributed by atoms with E-state index in [0.29, 0.717) is 5.41 Å². The Morgan fingerprint density at radius 1 is 1.36 bits per heavy atom. The van der Waals surface area contributed by atoms with Crippen LogP contribution < -0.4 is 0 Å². The molecule has 14 heavy (non-hydrogen) atoms. The summed E-state index contributed by atoms with van der Waals surface area (Å²) in [4.78, 5) is 0. The summed E-state index contributed by atoms with van der Waals surface area (Å²) in [5, 5.41) is 0. The van der Waals surface area contributed by atoms with Gasteiger partial charge in [0.15, 0.2) is 0 Å². The van der Waals surface area contributed by atoms with Crippen LogP contribution in [0.2, 0.25) is 0 Å². The minimum Gasteiger partial charge on any atom is -0.354 e. The van der Waals surface area contributed by atoms with Crippen molar-refractivity contribution in [3.8, 4) is 0 Å². The third-order valence-corrected chi connectivity index (χ3v) is 2.89. The molecule has 0 aromatic carbocycles. The van der Waals surface area contributed by atoms with Crippen molar-refractivity contribution in [2.45, 2.75) is 46.0 Å². The molecule has 0 amide bonds. The van der Waals surface area contributed by atoms with Crippen LogP contribution in [0, 0.1) is 5.41 Å². The predicted molar refractivity (Wildman–Crippen MR) is 60.5 cm³/mol. The van der Waals surface area contributed by atoms with Crippen LogP contribution in [-0.2, 0) is 13.5 Å². The van der Waals surface area contributed by atoms with Gasteiger partial charge in [-0.15, -0.1) is 0 Å². The second kappa shape index (κ2) is 3.15. The molecule has 0 atom stereocenters. The van der Waals surface area contributed by atoms with Gasteiger partial charge in [-0.2, -0.15) is 0 Å². The Morgan fingerprint density at radius 2 is 2.00 bits per heavy atom. The highest BCUT2D eigenvalue weighted by atomic mass is 14.9. The molecule has 78 valence electrons. The number of hydrogen-bond donors (Lipinski definition) is 0. The highest BCUT2D eigenvalue weighted by molar-refractivity contribution is 5.26. The Balaban J connectivity index is 2.16. The Morgan fingerprint density at radius 3 is 2.50 bits per heavy atom. The van der Waals surface area contributed by atoms with Crippen LogP contribution in [0.1, 0.15) is 50.8 Å². The van der Waals surface area contributed by atoms with Gasteiger partial charge >= 0.3 is 0 Å². The zero-order valence-electron chi connectivity index (χ0n) is 9.80. The first kappa shape index (κ1) is 9.82. The monoisotopic (exact) mass is 191 g/mol. The number of hydrogen-bond acceptors (Lipinski definition) is 0. The van der Waals surface area contributed by atoms with Crippen LogP contribution in [0.15, 0.2) is 12.3 Å². The lowest BCUT2D eigenvalue weighted by Crippen LogP contribution is -2.11. The number of aryl methyl sites for hydroxylation is 1. The lowest BCUT2D eigenvalue weighted by molar-refractivity contribution is 0.401. The first-order valence-corrected chi connectivity index (χ1v) is 5.61. The third-order valence-electron chi connectivity index (χ3n) is 2.89. The molecule has 0 unspecified atom stereocenters. The number of aromatic nitrogens is 1. The predicted octanol–water partition coefficient (Wildman–Crippen LogP) is 3.49. The Kier molecular flexibility index (Phi) is 2.21. The van der Waals surface area contributed by atoms with Gasteiger partial charge < -0.3 is 4.57 Å². The molecular weight excluding hydrogens is 170 g/mol. The lowest BCUT2D eigenvalue weighted by Gasteiger charge is -2.18. The van der Waals surface area contributed by atoms with Gasteiger partial charge in [0, 0.05) is 18.9 Å². The van der Waals surface area contributed by atoms with E-state index in [1.165, 1.54) is 25.0 Å². The Labute approximate surface area is 87.1 Å². The third kappa shape index (κ3) is 2.20. The van der Waals surface area contributed by atoms with Gasteiger partial charge in [-0.1, -0.05) is 20.8 Å². The highest BCUT2D eigenvalue weighted by Crippen LogP contribution is 2.41. The van der Waals surface area contributed by atoms with Crippen molar-refractivity contribution in [2.75, 3.05) is 0 Å². The molecule has 2 rings (SSSR count). The molecule has 1 aliphatic carbocycles. The average molecular weight is 191 g/mol. The van der Waals surface area contributed by atoms with Crippen LogP contribution in [0.25, 0.3) is 0 Å². The minimum atomic E-state index is 0.396. The fourth-order valence-electron chi connectivity index (χ4n) is 2.00. The summed E-state index contributed by atoms with van der Waals surface area (Å²) in [5.41, 5.74) is 3.44. The lowest BCUT2D eigenvalue weighted by atomic mass is 9.90. The number of rotatable bonds is 2. The van der Waals surface area contributed by atoms with Crippen LogP contribution >= 0.6 is 0 Å². The van der Waals surface area contributed by atoms with Crippen LogP contribution in [0.4, 0.5) is 0 Å². The summed E-state index contributed by atoms with van der Waals surface area (Å²) >= 11 is 0. The van der Waals surface area contributed by atoms with Gasteiger partial charge in [0.05, 0.1) is 0 Å². The second-order valence-electron chi connectivity index (χ2n) is 5.89. The zero-order chi connectivity index (χ0) is 10.3. The summed E-state index contributed by atoms with van der Waals surface area (Å²) in [6.07, 6.45) is 6.30. The van der Waals surface area contributed by atoms with E-state index in [0.717, 1.165) is 5.92 Å². The molecule has 0 N–H and O–H groups in total. The van der Waals surface area contributed by atoms with Crippen molar-refractivity contribution in [1.82, 2.24) is 4.57 Å². The molecule has 0 spiro atoms. The maximum atomic E-state index is 2.41. The van der Waals surface area contributed by atoms with Crippen molar-refractivity contribution < 1.29 is 0 Å². The number of nitrogens with zero attached hydrogens (tertiary/aromatic N) is 1. The molecule has 0 aliphatic heterocycles. The first-order valence-electron chi connectivity index (χ1n) is 5.61. The van der Waals surface area contributed by atoms with Gasteiger partial charge in [-0.25, -0.2) is 0 Å². The molecule has 0 saturated heterocycles. The minimum absolute atomic E-state index is 0.396. The van der Waals surface area contributed by atoms with E-state index in [-0.39, 0.29) is 0 Å².